The van der Waals surface area contributed by atoms with Crippen LogP contribution in [0.4, 0.5) is 0 Å². The molecule has 1 unspecified atom stereocenters. The van der Waals surface area contributed by atoms with Gasteiger partial charge < -0.3 is 18.9 Å². The van der Waals surface area contributed by atoms with E-state index in [9.17, 15) is 4.79 Å². The Hall–Kier alpha value is -3.20. The summed E-state index contributed by atoms with van der Waals surface area (Å²) in [6.45, 7) is 2.54. The van der Waals surface area contributed by atoms with Crippen molar-refractivity contribution in [2.24, 2.45) is 0 Å². The van der Waals surface area contributed by atoms with Crippen LogP contribution in [0.5, 0.6) is 23.0 Å². The summed E-state index contributed by atoms with van der Waals surface area (Å²) in [5.74, 6) is 3.21. The Kier molecular flexibility index (Phi) is 7.62. The van der Waals surface area contributed by atoms with Crippen molar-refractivity contribution in [3.8, 4) is 40.1 Å². The highest BCUT2D eigenvalue weighted by Crippen LogP contribution is 2.42. The second-order valence-electron chi connectivity index (χ2n) is 7.80. The van der Waals surface area contributed by atoms with E-state index < -0.39 is 0 Å². The van der Waals surface area contributed by atoms with E-state index in [0.717, 1.165) is 36.3 Å². The molecule has 34 heavy (non-hydrogen) atoms. The molecule has 1 aliphatic carbocycles. The Morgan fingerprint density at radius 2 is 1.71 bits per heavy atom. The molecule has 1 atom stereocenters. The highest BCUT2D eigenvalue weighted by Gasteiger charge is 2.27. The summed E-state index contributed by atoms with van der Waals surface area (Å²) in [6.07, 6.45) is 3.46. The summed E-state index contributed by atoms with van der Waals surface area (Å²) in [5.41, 5.74) is 1.61. The zero-order valence-corrected chi connectivity index (χ0v) is 20.7. The topological polar surface area (TPSA) is 84.7 Å². The molecular formula is C25H29N3O5S. The molecule has 9 heteroatoms. The summed E-state index contributed by atoms with van der Waals surface area (Å²) >= 11 is 1.47. The second kappa shape index (κ2) is 10.8. The molecule has 3 aromatic rings. The molecule has 8 nitrogen and oxygen atoms in total. The van der Waals surface area contributed by atoms with Gasteiger partial charge in [-0.15, -0.1) is 10.2 Å². The third kappa shape index (κ3) is 4.84. The van der Waals surface area contributed by atoms with Gasteiger partial charge in [0, 0.05) is 17.7 Å². The normalized spacial score (nSPS) is 15.8. The summed E-state index contributed by atoms with van der Waals surface area (Å²) < 4.78 is 24.1. The molecule has 1 saturated carbocycles. The molecule has 0 saturated heterocycles. The highest BCUT2D eigenvalue weighted by atomic mass is 32.2. The van der Waals surface area contributed by atoms with Crippen LogP contribution < -0.4 is 18.9 Å². The van der Waals surface area contributed by atoms with Crippen LogP contribution in [0.25, 0.3) is 17.1 Å². The van der Waals surface area contributed by atoms with Crippen LogP contribution >= 0.6 is 11.8 Å². The second-order valence-corrected chi connectivity index (χ2v) is 8.97. The van der Waals surface area contributed by atoms with Gasteiger partial charge in [-0.05, 0) is 56.2 Å². The Morgan fingerprint density at radius 1 is 1.00 bits per heavy atom. The molecule has 0 spiro atoms. The molecule has 4 rings (SSSR count). The number of hydrogen-bond donors (Lipinski definition) is 0. The number of methoxy groups -OCH3 is 3. The minimum absolute atomic E-state index is 0.118. The number of carbonyl (C=O) groups excluding carboxylic acids is 1. The lowest BCUT2D eigenvalue weighted by Crippen LogP contribution is -2.21. The lowest BCUT2D eigenvalue weighted by molar-refractivity contribution is -0.119. The Labute approximate surface area is 203 Å². The van der Waals surface area contributed by atoms with Crippen molar-refractivity contribution in [2.45, 2.75) is 43.0 Å². The molecule has 1 aromatic heterocycles. The predicted molar refractivity (Wildman–Crippen MR) is 131 cm³/mol. The molecule has 2 aromatic carbocycles. The van der Waals surface area contributed by atoms with Crippen molar-refractivity contribution in [2.75, 3.05) is 27.9 Å². The molecular weight excluding hydrogens is 454 g/mol. The number of benzene rings is 2. The van der Waals surface area contributed by atoms with Crippen LogP contribution in [0.3, 0.4) is 0 Å². The van der Waals surface area contributed by atoms with Gasteiger partial charge in [0.25, 0.3) is 0 Å². The van der Waals surface area contributed by atoms with Gasteiger partial charge in [0.15, 0.2) is 22.5 Å². The van der Waals surface area contributed by atoms with Crippen molar-refractivity contribution < 1.29 is 23.7 Å². The molecule has 1 fully saturated rings. The minimum atomic E-state index is -0.118. The molecule has 0 N–H and O–H groups in total. The van der Waals surface area contributed by atoms with Gasteiger partial charge in [-0.3, -0.25) is 9.36 Å². The fourth-order valence-corrected chi connectivity index (χ4v) is 5.21. The van der Waals surface area contributed by atoms with Crippen LogP contribution in [0.2, 0.25) is 0 Å². The van der Waals surface area contributed by atoms with Crippen LogP contribution in [0.15, 0.2) is 41.6 Å². The van der Waals surface area contributed by atoms with E-state index in [0.29, 0.717) is 41.3 Å². The quantitative estimate of drug-likeness (QED) is 0.422. The van der Waals surface area contributed by atoms with Crippen molar-refractivity contribution in [1.82, 2.24) is 14.8 Å². The van der Waals surface area contributed by atoms with Gasteiger partial charge in [0.2, 0.25) is 5.75 Å². The van der Waals surface area contributed by atoms with Gasteiger partial charge in [0.1, 0.15) is 11.5 Å². The largest absolute Gasteiger partial charge is 0.494 e. The third-order valence-corrected chi connectivity index (χ3v) is 6.97. The Balaban J connectivity index is 1.83. The van der Waals surface area contributed by atoms with Crippen LogP contribution in [-0.2, 0) is 4.79 Å². The van der Waals surface area contributed by atoms with Gasteiger partial charge in [-0.2, -0.15) is 0 Å². The first-order valence-corrected chi connectivity index (χ1v) is 12.2. The third-order valence-electron chi connectivity index (χ3n) is 5.71. The zero-order chi connectivity index (χ0) is 24.1. The van der Waals surface area contributed by atoms with E-state index in [-0.39, 0.29) is 11.0 Å². The van der Waals surface area contributed by atoms with E-state index in [1.807, 2.05) is 47.9 Å². The van der Waals surface area contributed by atoms with Gasteiger partial charge in [-0.25, -0.2) is 0 Å². The van der Waals surface area contributed by atoms with Crippen molar-refractivity contribution >= 4 is 17.5 Å². The van der Waals surface area contributed by atoms with Crippen molar-refractivity contribution in [1.29, 1.82) is 0 Å². The maximum Gasteiger partial charge on any atom is 0.203 e. The monoisotopic (exact) mass is 483 g/mol. The van der Waals surface area contributed by atoms with Crippen LogP contribution in [0, 0.1) is 0 Å². The fraction of sp³-hybridized carbons (Fsp3) is 0.400. The number of carbonyl (C=O) groups is 1. The average Bonchev–Trinajstić information content (AvgIpc) is 3.28. The highest BCUT2D eigenvalue weighted by molar-refractivity contribution is 8.00. The Morgan fingerprint density at radius 3 is 2.29 bits per heavy atom. The Bertz CT molecular complexity index is 1120. The van der Waals surface area contributed by atoms with E-state index >= 15 is 0 Å². The minimum Gasteiger partial charge on any atom is -0.494 e. The molecule has 0 bridgehead atoms. The number of ketones is 1. The predicted octanol–water partition coefficient (Wildman–Crippen LogP) is 4.96. The molecule has 1 heterocycles. The summed E-state index contributed by atoms with van der Waals surface area (Å²) in [6, 6.07) is 11.4. The number of Topliss-reactive ketones (excluding diaryl/α,β-unsaturated/α-hetero) is 1. The standard InChI is InChI=1S/C25H29N3O5S/c1-5-33-18-12-10-17(11-13-18)28-24(16-14-20(30-2)23(32-4)21(15-16)31-3)26-27-25(28)34-22-9-7-6-8-19(22)29/h10-15,22H,5-9H2,1-4H3. The summed E-state index contributed by atoms with van der Waals surface area (Å²) in [5, 5.41) is 9.55. The number of nitrogens with zero attached hydrogens (tertiary/aromatic N) is 3. The van der Waals surface area contributed by atoms with Crippen molar-refractivity contribution in [3.05, 3.63) is 36.4 Å². The van der Waals surface area contributed by atoms with E-state index in [2.05, 4.69) is 10.2 Å². The van der Waals surface area contributed by atoms with Crippen LogP contribution in [-0.4, -0.2) is 53.7 Å². The number of hydrogen-bond acceptors (Lipinski definition) is 8. The van der Waals surface area contributed by atoms with Gasteiger partial charge >= 0.3 is 0 Å². The maximum absolute atomic E-state index is 12.5. The van der Waals surface area contributed by atoms with Crippen LogP contribution in [0.1, 0.15) is 32.6 Å². The smallest absolute Gasteiger partial charge is 0.203 e. The van der Waals surface area contributed by atoms with Gasteiger partial charge in [-0.1, -0.05) is 18.2 Å². The molecule has 1 aliphatic rings. The van der Waals surface area contributed by atoms with Gasteiger partial charge in [0.05, 0.1) is 33.2 Å². The lowest BCUT2D eigenvalue weighted by atomic mass is 9.99. The van der Waals surface area contributed by atoms with E-state index in [1.54, 1.807) is 21.3 Å². The lowest BCUT2D eigenvalue weighted by Gasteiger charge is -2.20. The van der Waals surface area contributed by atoms with E-state index in [1.165, 1.54) is 11.8 Å². The molecule has 0 amide bonds. The van der Waals surface area contributed by atoms with Crippen molar-refractivity contribution in [3.63, 3.8) is 0 Å². The first-order valence-electron chi connectivity index (χ1n) is 11.3. The SMILES string of the molecule is CCOc1ccc(-n2c(SC3CCCCC3=O)nnc2-c2cc(OC)c(OC)c(OC)c2)cc1. The molecule has 0 aliphatic heterocycles. The maximum atomic E-state index is 12.5. The fourth-order valence-electron chi connectivity index (χ4n) is 4.04. The first kappa shape index (κ1) is 23.9. The molecule has 180 valence electrons. The number of rotatable bonds is 9. The van der Waals surface area contributed by atoms with E-state index in [4.69, 9.17) is 18.9 Å². The number of aromatic nitrogens is 3. The summed E-state index contributed by atoms with van der Waals surface area (Å²) in [4.78, 5) is 12.5. The number of thioether (sulfide) groups is 1. The zero-order valence-electron chi connectivity index (χ0n) is 19.9. The average molecular weight is 484 g/mol. The number of ether oxygens (including phenoxy) is 4. The molecule has 0 radical (unpaired) electrons. The summed E-state index contributed by atoms with van der Waals surface area (Å²) in [7, 11) is 4.72. The first-order chi connectivity index (χ1) is 16.6.